The molecule has 2 aromatic rings. The van der Waals surface area contributed by atoms with Crippen LogP contribution in [0.5, 0.6) is 0 Å². The van der Waals surface area contributed by atoms with Crippen molar-refractivity contribution >= 4 is 16.5 Å². The van der Waals surface area contributed by atoms with E-state index in [4.69, 9.17) is 5.73 Å². The standard InChI is InChI=1S/C9H13N5S/c1-3-6(2)14-7(4-5-11-14)8-12-13-9(10)15-8/h4-6H,3H2,1-2H3,(H2,10,13). The first-order valence-electron chi connectivity index (χ1n) is 4.85. The van der Waals surface area contributed by atoms with Crippen LogP contribution in [0.2, 0.25) is 0 Å². The Morgan fingerprint density at radius 3 is 2.93 bits per heavy atom. The van der Waals surface area contributed by atoms with Gasteiger partial charge < -0.3 is 5.73 Å². The van der Waals surface area contributed by atoms with Crippen molar-refractivity contribution in [2.24, 2.45) is 0 Å². The second-order valence-corrected chi connectivity index (χ2v) is 4.37. The first kappa shape index (κ1) is 10.1. The molecule has 0 aliphatic rings. The van der Waals surface area contributed by atoms with Crippen molar-refractivity contribution in [3.05, 3.63) is 12.3 Å². The molecule has 1 unspecified atom stereocenters. The Labute approximate surface area is 91.9 Å². The normalized spacial score (nSPS) is 12.9. The van der Waals surface area contributed by atoms with E-state index < -0.39 is 0 Å². The minimum atomic E-state index is 0.361. The molecule has 0 fully saturated rings. The molecule has 0 saturated heterocycles. The van der Waals surface area contributed by atoms with Gasteiger partial charge in [-0.25, -0.2) is 0 Å². The molecule has 1 atom stereocenters. The highest BCUT2D eigenvalue weighted by Gasteiger charge is 2.13. The summed E-state index contributed by atoms with van der Waals surface area (Å²) in [5, 5.41) is 13.4. The van der Waals surface area contributed by atoms with E-state index in [0.29, 0.717) is 11.2 Å². The summed E-state index contributed by atoms with van der Waals surface area (Å²) in [7, 11) is 0. The molecule has 0 amide bonds. The van der Waals surface area contributed by atoms with Gasteiger partial charge in [0.25, 0.3) is 0 Å². The summed E-state index contributed by atoms with van der Waals surface area (Å²) in [5.74, 6) is 0. The van der Waals surface area contributed by atoms with Crippen molar-refractivity contribution in [2.45, 2.75) is 26.3 Å². The zero-order chi connectivity index (χ0) is 10.8. The van der Waals surface area contributed by atoms with Crippen LogP contribution < -0.4 is 5.73 Å². The van der Waals surface area contributed by atoms with E-state index in [2.05, 4.69) is 29.1 Å². The molecular formula is C9H13N5S. The van der Waals surface area contributed by atoms with Gasteiger partial charge in [-0.3, -0.25) is 4.68 Å². The van der Waals surface area contributed by atoms with Crippen LogP contribution in [0.15, 0.2) is 12.3 Å². The van der Waals surface area contributed by atoms with Crippen LogP contribution in [0.4, 0.5) is 5.13 Å². The summed E-state index contributed by atoms with van der Waals surface area (Å²) in [4.78, 5) is 0. The molecule has 0 aliphatic heterocycles. The Morgan fingerprint density at radius 2 is 2.33 bits per heavy atom. The fourth-order valence-corrected chi connectivity index (χ4v) is 1.97. The van der Waals surface area contributed by atoms with Gasteiger partial charge in [-0.05, 0) is 19.4 Å². The smallest absolute Gasteiger partial charge is 0.203 e. The fourth-order valence-electron chi connectivity index (χ4n) is 1.35. The predicted octanol–water partition coefficient (Wildman–Crippen LogP) is 1.95. The lowest BCUT2D eigenvalue weighted by molar-refractivity contribution is 0.483. The molecule has 0 bridgehead atoms. The number of hydrogen-bond donors (Lipinski definition) is 1. The Hall–Kier alpha value is -1.43. The number of rotatable bonds is 3. The van der Waals surface area contributed by atoms with Gasteiger partial charge in [0.1, 0.15) is 0 Å². The van der Waals surface area contributed by atoms with Gasteiger partial charge in [-0.15, -0.1) is 10.2 Å². The largest absolute Gasteiger partial charge is 0.374 e. The Balaban J connectivity index is 2.40. The molecular weight excluding hydrogens is 210 g/mol. The molecule has 2 rings (SSSR count). The first-order valence-corrected chi connectivity index (χ1v) is 5.67. The second kappa shape index (κ2) is 3.98. The van der Waals surface area contributed by atoms with Crippen LogP contribution >= 0.6 is 11.3 Å². The fraction of sp³-hybridized carbons (Fsp3) is 0.444. The first-order chi connectivity index (χ1) is 7.22. The Kier molecular flexibility index (Phi) is 2.68. The van der Waals surface area contributed by atoms with E-state index in [1.54, 1.807) is 6.20 Å². The maximum Gasteiger partial charge on any atom is 0.203 e. The lowest BCUT2D eigenvalue weighted by Crippen LogP contribution is -2.07. The van der Waals surface area contributed by atoms with Crippen LogP contribution in [0.1, 0.15) is 26.3 Å². The molecule has 2 N–H and O–H groups in total. The quantitative estimate of drug-likeness (QED) is 0.863. The number of anilines is 1. The predicted molar refractivity (Wildman–Crippen MR) is 60.5 cm³/mol. The average molecular weight is 223 g/mol. The number of hydrogen-bond acceptors (Lipinski definition) is 5. The molecule has 2 heterocycles. The van der Waals surface area contributed by atoms with Crippen LogP contribution in [0.3, 0.4) is 0 Å². The van der Waals surface area contributed by atoms with Gasteiger partial charge in [0, 0.05) is 12.2 Å². The third-order valence-corrected chi connectivity index (χ3v) is 3.11. The number of aromatic nitrogens is 4. The van der Waals surface area contributed by atoms with Crippen molar-refractivity contribution in [3.8, 4) is 10.7 Å². The van der Waals surface area contributed by atoms with E-state index in [-0.39, 0.29) is 0 Å². The van der Waals surface area contributed by atoms with Gasteiger partial charge >= 0.3 is 0 Å². The lowest BCUT2D eigenvalue weighted by Gasteiger charge is -2.11. The van der Waals surface area contributed by atoms with E-state index in [1.807, 2.05) is 10.7 Å². The second-order valence-electron chi connectivity index (χ2n) is 3.36. The van der Waals surface area contributed by atoms with Gasteiger partial charge in [0.15, 0.2) is 5.01 Å². The number of nitrogen functional groups attached to an aromatic ring is 1. The van der Waals surface area contributed by atoms with Crippen LogP contribution in [-0.4, -0.2) is 20.0 Å². The van der Waals surface area contributed by atoms with Crippen LogP contribution in [-0.2, 0) is 0 Å². The van der Waals surface area contributed by atoms with E-state index in [0.717, 1.165) is 17.1 Å². The molecule has 80 valence electrons. The minimum Gasteiger partial charge on any atom is -0.374 e. The molecule has 0 aliphatic carbocycles. The van der Waals surface area contributed by atoms with Crippen LogP contribution in [0.25, 0.3) is 10.7 Å². The van der Waals surface area contributed by atoms with Crippen LogP contribution in [0, 0.1) is 0 Å². The molecule has 0 radical (unpaired) electrons. The summed E-state index contributed by atoms with van der Waals surface area (Å²) in [6, 6.07) is 2.30. The lowest BCUT2D eigenvalue weighted by atomic mass is 10.2. The highest BCUT2D eigenvalue weighted by Crippen LogP contribution is 2.26. The van der Waals surface area contributed by atoms with E-state index in [9.17, 15) is 0 Å². The molecule has 0 saturated carbocycles. The summed E-state index contributed by atoms with van der Waals surface area (Å²) in [6.45, 7) is 4.26. The van der Waals surface area contributed by atoms with Gasteiger partial charge in [-0.1, -0.05) is 18.3 Å². The third-order valence-electron chi connectivity index (χ3n) is 2.34. The maximum absolute atomic E-state index is 5.56. The third kappa shape index (κ3) is 1.85. The molecule has 0 aromatic carbocycles. The summed E-state index contributed by atoms with van der Waals surface area (Å²) >= 11 is 1.38. The van der Waals surface area contributed by atoms with E-state index in [1.165, 1.54) is 11.3 Å². The maximum atomic E-state index is 5.56. The van der Waals surface area contributed by atoms with Gasteiger partial charge in [0.2, 0.25) is 5.13 Å². The van der Waals surface area contributed by atoms with Gasteiger partial charge in [-0.2, -0.15) is 5.10 Å². The van der Waals surface area contributed by atoms with Crippen molar-refractivity contribution < 1.29 is 0 Å². The Bertz CT molecular complexity index is 447. The summed E-state index contributed by atoms with van der Waals surface area (Å²) in [6.07, 6.45) is 2.81. The van der Waals surface area contributed by atoms with Crippen molar-refractivity contribution in [1.29, 1.82) is 0 Å². The van der Waals surface area contributed by atoms with Gasteiger partial charge in [0.05, 0.1) is 5.69 Å². The minimum absolute atomic E-state index is 0.361. The number of nitrogens with zero attached hydrogens (tertiary/aromatic N) is 4. The monoisotopic (exact) mass is 223 g/mol. The molecule has 0 spiro atoms. The number of nitrogens with two attached hydrogens (primary N) is 1. The van der Waals surface area contributed by atoms with Crippen molar-refractivity contribution in [2.75, 3.05) is 5.73 Å². The molecule has 2 aromatic heterocycles. The zero-order valence-electron chi connectivity index (χ0n) is 8.71. The van der Waals surface area contributed by atoms with Crippen molar-refractivity contribution in [3.63, 3.8) is 0 Å². The molecule has 5 nitrogen and oxygen atoms in total. The van der Waals surface area contributed by atoms with E-state index >= 15 is 0 Å². The molecule has 6 heteroatoms. The topological polar surface area (TPSA) is 69.6 Å². The van der Waals surface area contributed by atoms with Crippen molar-refractivity contribution in [1.82, 2.24) is 20.0 Å². The average Bonchev–Trinajstić information content (AvgIpc) is 2.84. The SMILES string of the molecule is CCC(C)n1nccc1-c1nnc(N)s1. The highest BCUT2D eigenvalue weighted by atomic mass is 32.1. The summed E-state index contributed by atoms with van der Waals surface area (Å²) < 4.78 is 1.96. The Morgan fingerprint density at radius 1 is 1.53 bits per heavy atom. The summed E-state index contributed by atoms with van der Waals surface area (Å²) in [5.41, 5.74) is 6.54. The molecule has 15 heavy (non-hydrogen) atoms. The zero-order valence-corrected chi connectivity index (χ0v) is 9.53. The highest BCUT2D eigenvalue weighted by molar-refractivity contribution is 7.18.